The van der Waals surface area contributed by atoms with E-state index < -0.39 is 6.10 Å². The third-order valence-electron chi connectivity index (χ3n) is 7.71. The fraction of sp³-hybridized carbons (Fsp3) is 0.440. The van der Waals surface area contributed by atoms with Crippen molar-refractivity contribution < 1.29 is 19.7 Å². The Morgan fingerprint density at radius 2 is 2.03 bits per heavy atom. The fourth-order valence-corrected chi connectivity index (χ4v) is 6.34. The molecule has 0 radical (unpaired) electrons. The maximum absolute atomic E-state index is 11.1. The zero-order valence-electron chi connectivity index (χ0n) is 17.1. The van der Waals surface area contributed by atoms with Crippen LogP contribution >= 0.6 is 0 Å². The predicted octanol–water partition coefficient (Wildman–Crippen LogP) is 2.91. The van der Waals surface area contributed by atoms with Gasteiger partial charge < -0.3 is 24.6 Å². The van der Waals surface area contributed by atoms with Crippen molar-refractivity contribution in [2.75, 3.05) is 13.6 Å². The predicted molar refractivity (Wildman–Crippen MR) is 113 cm³/mol. The molecule has 2 aromatic carbocycles. The molecular formula is C25H27NO4. The van der Waals surface area contributed by atoms with E-state index in [0.29, 0.717) is 30.9 Å². The molecule has 30 heavy (non-hydrogen) atoms. The van der Waals surface area contributed by atoms with Crippen molar-refractivity contribution in [3.8, 4) is 11.5 Å². The van der Waals surface area contributed by atoms with Crippen molar-refractivity contribution in [3.05, 3.63) is 70.8 Å². The second kappa shape index (κ2) is 6.58. The van der Waals surface area contributed by atoms with Crippen LogP contribution in [0.1, 0.15) is 28.7 Å². The van der Waals surface area contributed by atoms with E-state index in [1.807, 2.05) is 36.4 Å². The summed E-state index contributed by atoms with van der Waals surface area (Å²) in [7, 11) is 2.19. The number of nitrogens with zero attached hydrogens (tertiary/aromatic N) is 1. The molecule has 156 valence electrons. The van der Waals surface area contributed by atoms with E-state index in [1.165, 1.54) is 5.56 Å². The number of hydrogen-bond acceptors (Lipinski definition) is 5. The minimum absolute atomic E-state index is 0.175. The Morgan fingerprint density at radius 1 is 1.20 bits per heavy atom. The average Bonchev–Trinajstić information content (AvgIpc) is 3.11. The van der Waals surface area contributed by atoms with Gasteiger partial charge in [0.05, 0.1) is 13.2 Å². The average molecular weight is 405 g/mol. The summed E-state index contributed by atoms with van der Waals surface area (Å²) in [6, 6.07) is 12.5. The molecule has 1 fully saturated rings. The number of piperidine rings is 1. The lowest BCUT2D eigenvalue weighted by molar-refractivity contribution is -0.0453. The van der Waals surface area contributed by atoms with Crippen LogP contribution in [0.5, 0.6) is 11.5 Å². The smallest absolute Gasteiger partial charge is 0.166 e. The first-order valence-electron chi connectivity index (χ1n) is 10.8. The van der Waals surface area contributed by atoms with Gasteiger partial charge >= 0.3 is 0 Å². The van der Waals surface area contributed by atoms with Gasteiger partial charge in [-0.15, -0.1) is 0 Å². The molecule has 0 aromatic heterocycles. The normalized spacial score (nSPS) is 33.3. The second-order valence-corrected chi connectivity index (χ2v) is 9.21. The van der Waals surface area contributed by atoms with Gasteiger partial charge in [-0.3, -0.25) is 0 Å². The van der Waals surface area contributed by atoms with Gasteiger partial charge in [0.2, 0.25) is 0 Å². The molecular weight excluding hydrogens is 378 g/mol. The summed E-state index contributed by atoms with van der Waals surface area (Å²) < 4.78 is 12.3. The van der Waals surface area contributed by atoms with Gasteiger partial charge in [0.25, 0.3) is 0 Å². The molecule has 5 heteroatoms. The molecule has 1 spiro atoms. The van der Waals surface area contributed by atoms with E-state index in [0.717, 1.165) is 36.1 Å². The van der Waals surface area contributed by atoms with E-state index >= 15 is 0 Å². The van der Waals surface area contributed by atoms with Crippen LogP contribution in [-0.2, 0) is 29.8 Å². The summed E-state index contributed by atoms with van der Waals surface area (Å²) >= 11 is 0. The highest BCUT2D eigenvalue weighted by Gasteiger charge is 2.64. The minimum atomic E-state index is -0.652. The Hall–Kier alpha value is -2.34. The maximum Gasteiger partial charge on any atom is 0.166 e. The number of phenols is 1. The lowest BCUT2D eigenvalue weighted by atomic mass is 9.53. The third kappa shape index (κ3) is 2.40. The van der Waals surface area contributed by atoms with Crippen molar-refractivity contribution in [3.63, 3.8) is 0 Å². The number of aliphatic hydroxyl groups is 1. The molecule has 0 saturated carbocycles. The first-order chi connectivity index (χ1) is 14.6. The molecule has 2 aromatic rings. The number of aliphatic hydroxyl groups excluding tert-OH is 1. The van der Waals surface area contributed by atoms with Crippen molar-refractivity contribution >= 4 is 0 Å². The quantitative estimate of drug-likeness (QED) is 0.766. The van der Waals surface area contributed by atoms with Crippen LogP contribution in [0, 0.1) is 5.92 Å². The summed E-state index contributed by atoms with van der Waals surface area (Å²) in [6.45, 7) is 1.80. The number of rotatable bonds is 4. The van der Waals surface area contributed by atoms with Crippen LogP contribution in [0.25, 0.3) is 0 Å². The first-order valence-corrected chi connectivity index (χ1v) is 10.8. The Morgan fingerprint density at radius 3 is 2.87 bits per heavy atom. The topological polar surface area (TPSA) is 62.2 Å². The van der Waals surface area contributed by atoms with E-state index in [2.05, 4.69) is 24.1 Å². The molecule has 2 bridgehead atoms. The number of likely N-dealkylation sites (N-methyl/N-ethyl adjacent to an activating group) is 1. The number of ether oxygens (including phenoxy) is 2. The highest BCUT2D eigenvalue weighted by Crippen LogP contribution is 2.62. The highest BCUT2D eigenvalue weighted by molar-refractivity contribution is 5.64. The molecule has 5 nitrogen and oxygen atoms in total. The second-order valence-electron chi connectivity index (χ2n) is 9.21. The summed E-state index contributed by atoms with van der Waals surface area (Å²) in [5, 5.41) is 21.9. The molecule has 0 amide bonds. The van der Waals surface area contributed by atoms with Gasteiger partial charge in [0.15, 0.2) is 11.5 Å². The van der Waals surface area contributed by atoms with Crippen LogP contribution in [0.2, 0.25) is 0 Å². The maximum atomic E-state index is 11.1. The first kappa shape index (κ1) is 18.4. The van der Waals surface area contributed by atoms with Crippen LogP contribution in [0.3, 0.4) is 0 Å². The molecule has 6 rings (SSSR count). The zero-order chi connectivity index (χ0) is 20.5. The molecule has 5 atom stereocenters. The standard InChI is InChI=1S/C25H27NO4/c1-26-10-9-25-18-7-8-20(27)24(25)30-23-21(25)16(12-19(18)26)11-17(22(23)28)14-29-13-15-5-3-2-4-6-15/h2-8,11,18-20,24,27-28H,9-10,12-14H2,1H3/t18-,19+,20-,24-,25-/m0/s1. The minimum Gasteiger partial charge on any atom is -0.504 e. The van der Waals surface area contributed by atoms with E-state index in [-0.39, 0.29) is 17.3 Å². The largest absolute Gasteiger partial charge is 0.504 e. The van der Waals surface area contributed by atoms with Crippen molar-refractivity contribution in [1.82, 2.24) is 4.90 Å². The monoisotopic (exact) mass is 405 g/mol. The lowest BCUT2D eigenvalue weighted by Gasteiger charge is -2.56. The third-order valence-corrected chi connectivity index (χ3v) is 7.71. The summed E-state index contributed by atoms with van der Waals surface area (Å²) in [5.74, 6) is 1.05. The van der Waals surface area contributed by atoms with Gasteiger partial charge in [-0.1, -0.05) is 42.5 Å². The molecule has 2 aliphatic carbocycles. The number of likely N-dealkylation sites (tertiary alicyclic amines) is 1. The van der Waals surface area contributed by atoms with Crippen LogP contribution in [0.4, 0.5) is 0 Å². The molecule has 2 N–H and O–H groups in total. The van der Waals surface area contributed by atoms with Gasteiger partial charge in [0.1, 0.15) is 12.2 Å². The SMILES string of the molecule is CN1CC[C@]23c4c5cc(COCc6ccccc6)c(O)c4O[C@H]2[C@@H](O)C=C[C@H]3[C@H]1C5. The van der Waals surface area contributed by atoms with Crippen LogP contribution in [-0.4, -0.2) is 47.0 Å². The van der Waals surface area contributed by atoms with Gasteiger partial charge in [-0.25, -0.2) is 0 Å². The number of aromatic hydroxyl groups is 1. The van der Waals surface area contributed by atoms with Crippen molar-refractivity contribution in [2.45, 2.75) is 49.7 Å². The lowest BCUT2D eigenvalue weighted by Crippen LogP contribution is -2.64. The molecule has 4 aliphatic rings. The highest BCUT2D eigenvalue weighted by atomic mass is 16.5. The van der Waals surface area contributed by atoms with Crippen LogP contribution < -0.4 is 4.74 Å². The molecule has 2 aliphatic heterocycles. The zero-order valence-corrected chi connectivity index (χ0v) is 17.1. The Balaban J connectivity index is 1.39. The summed E-state index contributed by atoms with van der Waals surface area (Å²) in [4.78, 5) is 2.44. The number of hydrogen-bond donors (Lipinski definition) is 2. The molecule has 0 unspecified atom stereocenters. The fourth-order valence-electron chi connectivity index (χ4n) is 6.34. The van der Waals surface area contributed by atoms with Crippen molar-refractivity contribution in [1.29, 1.82) is 0 Å². The van der Waals surface area contributed by atoms with E-state index in [1.54, 1.807) is 0 Å². The Labute approximate surface area is 176 Å². The van der Waals surface area contributed by atoms with Gasteiger partial charge in [-0.2, -0.15) is 0 Å². The molecule has 2 heterocycles. The number of benzene rings is 2. The Bertz CT molecular complexity index is 1020. The van der Waals surface area contributed by atoms with Gasteiger partial charge in [-0.05, 0) is 43.6 Å². The van der Waals surface area contributed by atoms with Crippen LogP contribution in [0.15, 0.2) is 48.6 Å². The van der Waals surface area contributed by atoms with E-state index in [9.17, 15) is 10.2 Å². The van der Waals surface area contributed by atoms with E-state index in [4.69, 9.17) is 9.47 Å². The van der Waals surface area contributed by atoms with Gasteiger partial charge in [0, 0.05) is 28.5 Å². The number of phenolic OH excluding ortho intramolecular Hbond substituents is 1. The molecule has 1 saturated heterocycles. The van der Waals surface area contributed by atoms with Crippen molar-refractivity contribution in [2.24, 2.45) is 5.92 Å². The Kier molecular flexibility index (Phi) is 4.04. The summed E-state index contributed by atoms with van der Waals surface area (Å²) in [5.41, 5.74) is 3.99. The summed E-state index contributed by atoms with van der Waals surface area (Å²) in [6.07, 6.45) is 4.95.